The highest BCUT2D eigenvalue weighted by Gasteiger charge is 2.27. The average molecular weight is 349 g/mol. The van der Waals surface area contributed by atoms with Crippen molar-refractivity contribution in [1.82, 2.24) is 15.1 Å². The van der Waals surface area contributed by atoms with Gasteiger partial charge in [0, 0.05) is 32.7 Å². The molecule has 7 heteroatoms. The summed E-state index contributed by atoms with van der Waals surface area (Å²) in [5, 5.41) is 2.85. The van der Waals surface area contributed by atoms with Crippen LogP contribution in [0, 0.1) is 5.92 Å². The summed E-state index contributed by atoms with van der Waals surface area (Å²) in [5.74, 6) is 0.243. The molecule has 0 aromatic carbocycles. The van der Waals surface area contributed by atoms with E-state index in [-0.39, 0.29) is 30.1 Å². The molecule has 0 aliphatic carbocycles. The van der Waals surface area contributed by atoms with Gasteiger partial charge in [-0.25, -0.2) is 0 Å². The van der Waals surface area contributed by atoms with Crippen molar-refractivity contribution in [3.05, 3.63) is 0 Å². The fourth-order valence-corrected chi connectivity index (χ4v) is 2.95. The van der Waals surface area contributed by atoms with Crippen molar-refractivity contribution >= 4 is 24.2 Å². The number of likely N-dealkylation sites (tertiary alicyclic amines) is 1. The minimum Gasteiger partial charge on any atom is -0.355 e. The normalized spacial score (nSPS) is 18.1. The molecule has 0 saturated carbocycles. The van der Waals surface area contributed by atoms with Crippen LogP contribution in [-0.4, -0.2) is 67.4 Å². The van der Waals surface area contributed by atoms with Crippen LogP contribution >= 0.6 is 12.4 Å². The lowest BCUT2D eigenvalue weighted by Crippen LogP contribution is -2.48. The highest BCUT2D eigenvalue weighted by Crippen LogP contribution is 2.16. The zero-order valence-electron chi connectivity index (χ0n) is 14.6. The summed E-state index contributed by atoms with van der Waals surface area (Å²) in [5.41, 5.74) is 5.41. The van der Waals surface area contributed by atoms with Crippen LogP contribution in [0.4, 0.5) is 0 Å². The molecule has 1 unspecified atom stereocenters. The first kappa shape index (κ1) is 22.1. The lowest BCUT2D eigenvalue weighted by atomic mass is 9.97. The molecule has 23 heavy (non-hydrogen) atoms. The Balaban J connectivity index is 0.00000484. The fourth-order valence-electron chi connectivity index (χ4n) is 2.95. The number of hydrogen-bond donors (Lipinski definition) is 2. The molecule has 0 bridgehead atoms. The zero-order chi connectivity index (χ0) is 16.4. The van der Waals surface area contributed by atoms with Crippen LogP contribution in [0.5, 0.6) is 0 Å². The minimum absolute atomic E-state index is 0. The second-order valence-corrected chi connectivity index (χ2v) is 6.03. The number of rotatable bonds is 9. The predicted octanol–water partition coefficient (Wildman–Crippen LogP) is 0.844. The van der Waals surface area contributed by atoms with E-state index in [4.69, 9.17) is 5.73 Å². The number of carbonyl (C=O) groups excluding carboxylic acids is 2. The molecule has 0 aromatic heterocycles. The van der Waals surface area contributed by atoms with Gasteiger partial charge in [0.1, 0.15) is 0 Å². The molecular weight excluding hydrogens is 316 g/mol. The summed E-state index contributed by atoms with van der Waals surface area (Å²) in [6, 6.07) is 0. The SMILES string of the molecule is CCCN(CCC)C(=O)CN1CCCC(C(=O)NCCN)C1.Cl. The summed E-state index contributed by atoms with van der Waals surface area (Å²) >= 11 is 0. The Morgan fingerprint density at radius 1 is 1.26 bits per heavy atom. The van der Waals surface area contributed by atoms with Crippen LogP contribution < -0.4 is 11.1 Å². The maximum atomic E-state index is 12.4. The highest BCUT2D eigenvalue weighted by molar-refractivity contribution is 5.85. The van der Waals surface area contributed by atoms with Crippen LogP contribution in [0.2, 0.25) is 0 Å². The molecule has 0 spiro atoms. The number of hydrogen-bond acceptors (Lipinski definition) is 4. The second-order valence-electron chi connectivity index (χ2n) is 6.03. The Morgan fingerprint density at radius 3 is 2.48 bits per heavy atom. The van der Waals surface area contributed by atoms with E-state index >= 15 is 0 Å². The number of piperidine rings is 1. The van der Waals surface area contributed by atoms with Crippen LogP contribution in [-0.2, 0) is 9.59 Å². The van der Waals surface area contributed by atoms with Crippen LogP contribution in [0.15, 0.2) is 0 Å². The molecule has 136 valence electrons. The van der Waals surface area contributed by atoms with Gasteiger partial charge in [-0.1, -0.05) is 13.8 Å². The van der Waals surface area contributed by atoms with Crippen LogP contribution in [0.1, 0.15) is 39.5 Å². The summed E-state index contributed by atoms with van der Waals surface area (Å²) in [4.78, 5) is 28.5. The van der Waals surface area contributed by atoms with Crippen molar-refractivity contribution < 1.29 is 9.59 Å². The topological polar surface area (TPSA) is 78.7 Å². The average Bonchev–Trinajstić information content (AvgIpc) is 2.52. The maximum absolute atomic E-state index is 12.4. The predicted molar refractivity (Wildman–Crippen MR) is 95.6 cm³/mol. The molecule has 1 fully saturated rings. The second kappa shape index (κ2) is 12.6. The van der Waals surface area contributed by atoms with Crippen molar-refractivity contribution in [2.24, 2.45) is 11.7 Å². The first-order valence-corrected chi connectivity index (χ1v) is 8.60. The van der Waals surface area contributed by atoms with Gasteiger partial charge in [0.2, 0.25) is 11.8 Å². The van der Waals surface area contributed by atoms with Crippen LogP contribution in [0.25, 0.3) is 0 Å². The molecular formula is C16H33ClN4O2. The number of halogens is 1. The van der Waals surface area contributed by atoms with Gasteiger partial charge in [-0.05, 0) is 32.2 Å². The maximum Gasteiger partial charge on any atom is 0.236 e. The minimum atomic E-state index is -0.0149. The summed E-state index contributed by atoms with van der Waals surface area (Å²) in [7, 11) is 0. The number of carbonyl (C=O) groups is 2. The molecule has 1 heterocycles. The highest BCUT2D eigenvalue weighted by atomic mass is 35.5. The van der Waals surface area contributed by atoms with Crippen molar-refractivity contribution in [2.45, 2.75) is 39.5 Å². The molecule has 1 rings (SSSR count). The molecule has 6 nitrogen and oxygen atoms in total. The Morgan fingerprint density at radius 2 is 1.91 bits per heavy atom. The lowest BCUT2D eigenvalue weighted by molar-refractivity contribution is -0.134. The molecule has 3 N–H and O–H groups in total. The molecule has 0 radical (unpaired) electrons. The first-order chi connectivity index (χ1) is 10.6. The number of amides is 2. The molecule has 1 aliphatic rings. The summed E-state index contributed by atoms with van der Waals surface area (Å²) in [6.07, 6.45) is 3.83. The smallest absolute Gasteiger partial charge is 0.236 e. The van der Waals surface area contributed by atoms with Gasteiger partial charge in [-0.3, -0.25) is 14.5 Å². The Bertz CT molecular complexity index is 349. The molecule has 2 amide bonds. The van der Waals surface area contributed by atoms with Crippen molar-refractivity contribution in [3.8, 4) is 0 Å². The van der Waals surface area contributed by atoms with E-state index in [0.29, 0.717) is 26.2 Å². The van der Waals surface area contributed by atoms with Crippen LogP contribution in [0.3, 0.4) is 0 Å². The van der Waals surface area contributed by atoms with Gasteiger partial charge in [0.05, 0.1) is 12.5 Å². The molecule has 0 aromatic rings. The van der Waals surface area contributed by atoms with Crippen molar-refractivity contribution in [2.75, 3.05) is 45.8 Å². The standard InChI is InChI=1S/C16H32N4O2.ClH/c1-3-9-20(10-4-2)15(21)13-19-11-5-6-14(12-19)16(22)18-8-7-17;/h14H,3-13,17H2,1-2H3,(H,18,22);1H. The Labute approximate surface area is 146 Å². The van der Waals surface area contributed by atoms with Crippen molar-refractivity contribution in [1.29, 1.82) is 0 Å². The molecule has 1 saturated heterocycles. The van der Waals surface area contributed by atoms with E-state index in [9.17, 15) is 9.59 Å². The number of nitrogens with zero attached hydrogens (tertiary/aromatic N) is 2. The van der Waals surface area contributed by atoms with Gasteiger partial charge >= 0.3 is 0 Å². The third-order valence-corrected chi connectivity index (χ3v) is 4.02. The third kappa shape index (κ3) is 7.99. The number of nitrogens with one attached hydrogen (secondary N) is 1. The third-order valence-electron chi connectivity index (χ3n) is 4.02. The van der Waals surface area contributed by atoms with E-state index in [1.165, 1.54) is 0 Å². The summed E-state index contributed by atoms with van der Waals surface area (Å²) < 4.78 is 0. The van der Waals surface area contributed by atoms with Gasteiger partial charge in [0.15, 0.2) is 0 Å². The van der Waals surface area contributed by atoms with E-state index in [0.717, 1.165) is 45.3 Å². The van der Waals surface area contributed by atoms with Crippen molar-refractivity contribution in [3.63, 3.8) is 0 Å². The fraction of sp³-hybridized carbons (Fsp3) is 0.875. The Hall–Kier alpha value is -0.850. The number of nitrogens with two attached hydrogens (primary N) is 1. The zero-order valence-corrected chi connectivity index (χ0v) is 15.4. The van der Waals surface area contributed by atoms with E-state index in [1.54, 1.807) is 0 Å². The Kier molecular flexibility index (Phi) is 12.1. The largest absolute Gasteiger partial charge is 0.355 e. The van der Waals surface area contributed by atoms with Gasteiger partial charge in [-0.15, -0.1) is 12.4 Å². The molecule has 1 atom stereocenters. The van der Waals surface area contributed by atoms with E-state index in [1.807, 2.05) is 4.90 Å². The monoisotopic (exact) mass is 348 g/mol. The van der Waals surface area contributed by atoms with Gasteiger partial charge < -0.3 is 16.0 Å². The van der Waals surface area contributed by atoms with Gasteiger partial charge in [-0.2, -0.15) is 0 Å². The quantitative estimate of drug-likeness (QED) is 0.647. The summed E-state index contributed by atoms with van der Waals surface area (Å²) in [6.45, 7) is 8.82. The lowest BCUT2D eigenvalue weighted by Gasteiger charge is -2.33. The van der Waals surface area contributed by atoms with E-state index < -0.39 is 0 Å². The van der Waals surface area contributed by atoms with Gasteiger partial charge in [0.25, 0.3) is 0 Å². The van der Waals surface area contributed by atoms with E-state index in [2.05, 4.69) is 24.1 Å². The first-order valence-electron chi connectivity index (χ1n) is 8.60. The molecule has 1 aliphatic heterocycles.